The standard InChI is InChI=1S/C22H16ClF3N4O5S/c23-18-11-10-16(22(24,25)26)12-20(18)29(36(34,35)17-7-2-1-3-8-17)14-21(31)28-27-13-15-6-4-5-9-19(15)30(32)33/h1-13H,14H2,(H,28,31)/b27-13-. The smallest absolute Gasteiger partial charge is 0.271 e. The Balaban J connectivity index is 1.96. The number of nitro benzene ring substituents is 1. The molecule has 0 aromatic heterocycles. The second-order valence-electron chi connectivity index (χ2n) is 7.10. The van der Waals surface area contributed by atoms with Crippen molar-refractivity contribution in [3.8, 4) is 0 Å². The Morgan fingerprint density at radius 2 is 1.72 bits per heavy atom. The minimum Gasteiger partial charge on any atom is -0.271 e. The monoisotopic (exact) mass is 540 g/mol. The van der Waals surface area contributed by atoms with Crippen LogP contribution in [-0.4, -0.2) is 32.0 Å². The summed E-state index contributed by atoms with van der Waals surface area (Å²) in [6, 6.07) is 14.3. The second kappa shape index (κ2) is 10.7. The Morgan fingerprint density at radius 1 is 1.08 bits per heavy atom. The number of carbonyl (C=O) groups is 1. The van der Waals surface area contributed by atoms with E-state index < -0.39 is 44.8 Å². The van der Waals surface area contributed by atoms with Crippen LogP contribution in [0.4, 0.5) is 24.5 Å². The molecule has 0 heterocycles. The normalized spacial score (nSPS) is 11.9. The molecule has 9 nitrogen and oxygen atoms in total. The van der Waals surface area contributed by atoms with Crippen LogP contribution in [0.2, 0.25) is 5.02 Å². The summed E-state index contributed by atoms with van der Waals surface area (Å²) in [6.45, 7) is -0.994. The van der Waals surface area contributed by atoms with Crippen molar-refractivity contribution in [2.75, 3.05) is 10.8 Å². The Kier molecular flexibility index (Phi) is 7.95. The number of sulfonamides is 1. The average molecular weight is 541 g/mol. The first kappa shape index (κ1) is 26.6. The summed E-state index contributed by atoms with van der Waals surface area (Å²) < 4.78 is 66.9. The van der Waals surface area contributed by atoms with Crippen LogP contribution in [0.5, 0.6) is 0 Å². The lowest BCUT2D eigenvalue weighted by molar-refractivity contribution is -0.385. The van der Waals surface area contributed by atoms with Gasteiger partial charge in [0.05, 0.1) is 37.9 Å². The number of alkyl halides is 3. The van der Waals surface area contributed by atoms with Crippen LogP contribution in [0.15, 0.2) is 82.8 Å². The van der Waals surface area contributed by atoms with Crippen molar-refractivity contribution in [3.63, 3.8) is 0 Å². The largest absolute Gasteiger partial charge is 0.416 e. The zero-order valence-electron chi connectivity index (χ0n) is 18.0. The molecule has 0 aliphatic rings. The lowest BCUT2D eigenvalue weighted by atomic mass is 10.2. The molecule has 0 atom stereocenters. The first-order valence-electron chi connectivity index (χ1n) is 9.91. The molecular weight excluding hydrogens is 525 g/mol. The van der Waals surface area contributed by atoms with Crippen LogP contribution < -0.4 is 9.73 Å². The second-order valence-corrected chi connectivity index (χ2v) is 9.37. The number of carbonyl (C=O) groups excluding carboxylic acids is 1. The van der Waals surface area contributed by atoms with E-state index in [1.54, 1.807) is 0 Å². The maximum Gasteiger partial charge on any atom is 0.416 e. The maximum atomic E-state index is 13.3. The zero-order valence-corrected chi connectivity index (χ0v) is 19.6. The van der Waals surface area contributed by atoms with Gasteiger partial charge in [0.1, 0.15) is 6.54 Å². The van der Waals surface area contributed by atoms with E-state index in [1.807, 2.05) is 5.43 Å². The topological polar surface area (TPSA) is 122 Å². The van der Waals surface area contributed by atoms with Crippen molar-refractivity contribution >= 4 is 45.1 Å². The molecule has 0 unspecified atom stereocenters. The maximum absolute atomic E-state index is 13.3. The van der Waals surface area contributed by atoms with Gasteiger partial charge in [-0.25, -0.2) is 13.8 Å². The summed E-state index contributed by atoms with van der Waals surface area (Å²) in [5.41, 5.74) is 0.0313. The molecule has 14 heteroatoms. The van der Waals surface area contributed by atoms with E-state index in [-0.39, 0.29) is 21.2 Å². The van der Waals surface area contributed by atoms with Gasteiger partial charge in [0.2, 0.25) is 0 Å². The summed E-state index contributed by atoms with van der Waals surface area (Å²) in [4.78, 5) is 22.7. The molecule has 0 saturated carbocycles. The third-order valence-electron chi connectivity index (χ3n) is 4.69. The summed E-state index contributed by atoms with van der Waals surface area (Å²) in [7, 11) is -4.55. The number of hydrazone groups is 1. The van der Waals surface area contributed by atoms with Gasteiger partial charge in [-0.15, -0.1) is 0 Å². The van der Waals surface area contributed by atoms with Crippen LogP contribution in [-0.2, 0) is 21.0 Å². The van der Waals surface area contributed by atoms with Crippen LogP contribution in [0, 0.1) is 10.1 Å². The Labute approximate surface area is 208 Å². The molecule has 36 heavy (non-hydrogen) atoms. The van der Waals surface area contributed by atoms with Gasteiger partial charge in [0, 0.05) is 6.07 Å². The lowest BCUT2D eigenvalue weighted by Gasteiger charge is -2.25. The molecule has 3 aromatic rings. The molecule has 0 aliphatic carbocycles. The SMILES string of the molecule is O=C(CN(c1cc(C(F)(F)F)ccc1Cl)S(=O)(=O)c1ccccc1)N/N=C\c1ccccc1[N+](=O)[O-]. The van der Waals surface area contributed by atoms with E-state index in [0.717, 1.165) is 12.3 Å². The first-order valence-corrected chi connectivity index (χ1v) is 11.7. The van der Waals surface area contributed by atoms with E-state index in [4.69, 9.17) is 11.6 Å². The van der Waals surface area contributed by atoms with E-state index in [0.29, 0.717) is 16.4 Å². The van der Waals surface area contributed by atoms with Gasteiger partial charge < -0.3 is 0 Å². The number of benzene rings is 3. The van der Waals surface area contributed by atoms with Gasteiger partial charge in [-0.2, -0.15) is 18.3 Å². The molecule has 3 rings (SSSR count). The number of nitrogens with zero attached hydrogens (tertiary/aromatic N) is 3. The molecule has 3 aromatic carbocycles. The molecule has 0 spiro atoms. The van der Waals surface area contributed by atoms with Gasteiger partial charge in [-0.1, -0.05) is 41.9 Å². The third kappa shape index (κ3) is 6.17. The molecule has 0 saturated heterocycles. The molecule has 0 fully saturated rings. The van der Waals surface area contributed by atoms with E-state index in [1.165, 1.54) is 54.6 Å². The number of nitrogens with one attached hydrogen (secondary N) is 1. The van der Waals surface area contributed by atoms with E-state index in [2.05, 4.69) is 5.10 Å². The molecule has 188 valence electrons. The highest BCUT2D eigenvalue weighted by atomic mass is 35.5. The van der Waals surface area contributed by atoms with Crippen molar-refractivity contribution in [2.24, 2.45) is 5.10 Å². The zero-order chi connectivity index (χ0) is 26.5. The molecule has 1 amide bonds. The number of hydrogen-bond acceptors (Lipinski definition) is 6. The minimum absolute atomic E-state index is 0.0532. The van der Waals surface area contributed by atoms with Gasteiger partial charge in [0.25, 0.3) is 21.6 Å². The van der Waals surface area contributed by atoms with Crippen molar-refractivity contribution in [3.05, 3.63) is 99.1 Å². The number of rotatable bonds is 8. The van der Waals surface area contributed by atoms with Crippen LogP contribution >= 0.6 is 11.6 Å². The van der Waals surface area contributed by atoms with E-state index >= 15 is 0 Å². The number of para-hydroxylation sites is 1. The number of halogens is 4. The lowest BCUT2D eigenvalue weighted by Crippen LogP contribution is -2.40. The summed E-state index contributed by atoms with van der Waals surface area (Å²) in [5.74, 6) is -1.04. The predicted molar refractivity (Wildman–Crippen MR) is 126 cm³/mol. The highest BCUT2D eigenvalue weighted by Crippen LogP contribution is 2.37. The van der Waals surface area contributed by atoms with Crippen LogP contribution in [0.1, 0.15) is 11.1 Å². The highest BCUT2D eigenvalue weighted by molar-refractivity contribution is 7.92. The van der Waals surface area contributed by atoms with Crippen molar-refractivity contribution in [1.82, 2.24) is 5.43 Å². The number of amides is 1. The fraction of sp³-hybridized carbons (Fsp3) is 0.0909. The molecule has 0 radical (unpaired) electrons. The molecular formula is C22H16ClF3N4O5S. The van der Waals surface area contributed by atoms with Crippen molar-refractivity contribution < 1.29 is 31.3 Å². The number of hydrogen-bond donors (Lipinski definition) is 1. The third-order valence-corrected chi connectivity index (χ3v) is 6.78. The van der Waals surface area contributed by atoms with Crippen molar-refractivity contribution in [2.45, 2.75) is 11.1 Å². The fourth-order valence-electron chi connectivity index (χ4n) is 3.00. The van der Waals surface area contributed by atoms with Crippen LogP contribution in [0.25, 0.3) is 0 Å². The quantitative estimate of drug-likeness (QED) is 0.254. The summed E-state index contributed by atoms with van der Waals surface area (Å²) >= 11 is 6.05. The fourth-order valence-corrected chi connectivity index (χ4v) is 4.72. The van der Waals surface area contributed by atoms with Gasteiger partial charge in [0.15, 0.2) is 0 Å². The predicted octanol–water partition coefficient (Wildman–Crippen LogP) is 4.61. The molecule has 1 N–H and O–H groups in total. The number of nitro groups is 1. The molecule has 0 bridgehead atoms. The minimum atomic E-state index is -4.81. The number of anilines is 1. The first-order chi connectivity index (χ1) is 16.9. The van der Waals surface area contributed by atoms with Gasteiger partial charge >= 0.3 is 6.18 Å². The average Bonchev–Trinajstić information content (AvgIpc) is 2.83. The Morgan fingerprint density at radius 3 is 2.36 bits per heavy atom. The van der Waals surface area contributed by atoms with Crippen LogP contribution in [0.3, 0.4) is 0 Å². The Bertz CT molecular complexity index is 1420. The highest BCUT2D eigenvalue weighted by Gasteiger charge is 2.34. The summed E-state index contributed by atoms with van der Waals surface area (Å²) in [6.07, 6.45) is -3.83. The summed E-state index contributed by atoms with van der Waals surface area (Å²) in [5, 5.41) is 14.3. The van der Waals surface area contributed by atoms with Gasteiger partial charge in [-0.3, -0.25) is 19.2 Å². The van der Waals surface area contributed by atoms with Crippen molar-refractivity contribution in [1.29, 1.82) is 0 Å². The Hall–Kier alpha value is -3.97. The van der Waals surface area contributed by atoms with Gasteiger partial charge in [-0.05, 0) is 36.4 Å². The van der Waals surface area contributed by atoms with E-state index in [9.17, 15) is 36.5 Å². The molecule has 0 aliphatic heterocycles.